The van der Waals surface area contributed by atoms with Crippen molar-refractivity contribution in [1.82, 2.24) is 10.3 Å². The molecule has 1 heterocycles. The van der Waals surface area contributed by atoms with Gasteiger partial charge in [0.25, 0.3) is 0 Å². The minimum atomic E-state index is 0.842. The number of nitrogens with zero attached hydrogens (tertiary/aromatic N) is 1. The van der Waals surface area contributed by atoms with E-state index in [1.165, 1.54) is 9.13 Å². The molecule has 1 aromatic carbocycles. The predicted octanol–water partition coefficient (Wildman–Crippen LogP) is 3.13. The maximum atomic E-state index is 4.56. The van der Waals surface area contributed by atoms with Gasteiger partial charge in [0.05, 0.1) is 5.69 Å². The van der Waals surface area contributed by atoms with E-state index in [9.17, 15) is 0 Å². The number of hydrogen-bond donors (Lipinski definition) is 1. The monoisotopic (exact) mass is 330 g/mol. The van der Waals surface area contributed by atoms with Crippen LogP contribution in [0, 0.1) is 3.57 Å². The molecule has 0 fully saturated rings. The zero-order chi connectivity index (χ0) is 10.7. The molecule has 4 heteroatoms. The Hall–Kier alpha value is -0.460. The summed E-state index contributed by atoms with van der Waals surface area (Å²) in [6.45, 7) is 0.842. The third kappa shape index (κ3) is 2.76. The van der Waals surface area contributed by atoms with E-state index in [0.717, 1.165) is 17.2 Å². The van der Waals surface area contributed by atoms with Gasteiger partial charge in [0.2, 0.25) is 0 Å². The van der Waals surface area contributed by atoms with Gasteiger partial charge in [-0.25, -0.2) is 4.98 Å². The molecular weight excluding hydrogens is 319 g/mol. The molecule has 78 valence electrons. The van der Waals surface area contributed by atoms with E-state index < -0.39 is 0 Å². The molecular formula is C11H11IN2S. The highest BCUT2D eigenvalue weighted by atomic mass is 127. The number of rotatable bonds is 3. The van der Waals surface area contributed by atoms with Crippen LogP contribution in [0.5, 0.6) is 0 Å². The average molecular weight is 330 g/mol. The standard InChI is InChI=1S/C11H11IN2S/c1-13-6-11-14-10(7-15-11)8-3-2-4-9(12)5-8/h2-5,7,13H,6H2,1H3. The molecule has 0 aliphatic rings. The third-order valence-corrected chi connectivity index (χ3v) is 3.52. The van der Waals surface area contributed by atoms with Gasteiger partial charge in [-0.1, -0.05) is 12.1 Å². The molecule has 2 aromatic rings. The van der Waals surface area contributed by atoms with Crippen LogP contribution in [0.15, 0.2) is 29.6 Å². The van der Waals surface area contributed by atoms with E-state index in [2.05, 4.69) is 62.5 Å². The second-order valence-corrected chi connectivity index (χ2v) is 5.36. The second kappa shape index (κ2) is 5.05. The SMILES string of the molecule is CNCc1nc(-c2cccc(I)c2)cs1. The first-order valence-electron chi connectivity index (χ1n) is 4.64. The van der Waals surface area contributed by atoms with Gasteiger partial charge in [0, 0.05) is 21.1 Å². The smallest absolute Gasteiger partial charge is 0.107 e. The molecule has 2 rings (SSSR count). The van der Waals surface area contributed by atoms with Crippen LogP contribution < -0.4 is 5.32 Å². The Labute approximate surface area is 107 Å². The van der Waals surface area contributed by atoms with Gasteiger partial charge in [-0.15, -0.1) is 11.3 Å². The number of hydrogen-bond acceptors (Lipinski definition) is 3. The normalized spacial score (nSPS) is 10.5. The van der Waals surface area contributed by atoms with Crippen molar-refractivity contribution in [2.45, 2.75) is 6.54 Å². The molecule has 0 saturated carbocycles. The largest absolute Gasteiger partial charge is 0.314 e. The number of benzene rings is 1. The molecule has 2 nitrogen and oxygen atoms in total. The summed E-state index contributed by atoms with van der Waals surface area (Å²) >= 11 is 4.02. The molecule has 0 radical (unpaired) electrons. The Balaban J connectivity index is 2.29. The number of nitrogens with one attached hydrogen (secondary N) is 1. The van der Waals surface area contributed by atoms with E-state index in [1.807, 2.05) is 7.05 Å². The third-order valence-electron chi connectivity index (χ3n) is 2.00. The molecule has 0 bridgehead atoms. The van der Waals surface area contributed by atoms with Gasteiger partial charge in [-0.05, 0) is 41.8 Å². The maximum Gasteiger partial charge on any atom is 0.107 e. The highest BCUT2D eigenvalue weighted by Crippen LogP contribution is 2.23. The first-order chi connectivity index (χ1) is 7.29. The minimum absolute atomic E-state index is 0.842. The summed E-state index contributed by atoms with van der Waals surface area (Å²) in [4.78, 5) is 4.56. The van der Waals surface area contributed by atoms with Gasteiger partial charge >= 0.3 is 0 Å². The van der Waals surface area contributed by atoms with E-state index in [-0.39, 0.29) is 0 Å². The van der Waals surface area contributed by atoms with E-state index in [1.54, 1.807) is 11.3 Å². The van der Waals surface area contributed by atoms with E-state index in [0.29, 0.717) is 0 Å². The molecule has 0 saturated heterocycles. The average Bonchev–Trinajstić information content (AvgIpc) is 2.67. The Morgan fingerprint density at radius 2 is 2.33 bits per heavy atom. The summed E-state index contributed by atoms with van der Waals surface area (Å²) in [6.07, 6.45) is 0. The van der Waals surface area contributed by atoms with Crippen LogP contribution in [-0.2, 0) is 6.54 Å². The number of halogens is 1. The molecule has 0 unspecified atom stereocenters. The van der Waals surface area contributed by atoms with Crippen molar-refractivity contribution >= 4 is 33.9 Å². The van der Waals surface area contributed by atoms with E-state index in [4.69, 9.17) is 0 Å². The predicted molar refractivity (Wildman–Crippen MR) is 73.0 cm³/mol. The maximum absolute atomic E-state index is 4.56. The fourth-order valence-electron chi connectivity index (χ4n) is 1.32. The van der Waals surface area contributed by atoms with Crippen molar-refractivity contribution in [1.29, 1.82) is 0 Å². The first kappa shape index (κ1) is 11.0. The summed E-state index contributed by atoms with van der Waals surface area (Å²) in [6, 6.07) is 8.40. The molecule has 0 aliphatic heterocycles. The first-order valence-corrected chi connectivity index (χ1v) is 6.60. The molecule has 0 atom stereocenters. The van der Waals surface area contributed by atoms with E-state index >= 15 is 0 Å². The van der Waals surface area contributed by atoms with Crippen molar-refractivity contribution in [3.63, 3.8) is 0 Å². The molecule has 0 aliphatic carbocycles. The molecule has 15 heavy (non-hydrogen) atoms. The summed E-state index contributed by atoms with van der Waals surface area (Å²) in [5.41, 5.74) is 2.27. The summed E-state index contributed by atoms with van der Waals surface area (Å²) in [7, 11) is 1.94. The Kier molecular flexibility index (Phi) is 3.71. The molecule has 1 aromatic heterocycles. The molecule has 0 spiro atoms. The van der Waals surface area contributed by atoms with Crippen LogP contribution >= 0.6 is 33.9 Å². The highest BCUT2D eigenvalue weighted by molar-refractivity contribution is 14.1. The van der Waals surface area contributed by atoms with Crippen LogP contribution in [0.3, 0.4) is 0 Å². The van der Waals surface area contributed by atoms with Crippen LogP contribution in [0.4, 0.5) is 0 Å². The summed E-state index contributed by atoms with van der Waals surface area (Å²) < 4.78 is 1.24. The van der Waals surface area contributed by atoms with Crippen LogP contribution in [-0.4, -0.2) is 12.0 Å². The van der Waals surface area contributed by atoms with Gasteiger partial charge in [-0.3, -0.25) is 0 Å². The summed E-state index contributed by atoms with van der Waals surface area (Å²) in [5.74, 6) is 0. The van der Waals surface area contributed by atoms with Gasteiger partial charge in [0.1, 0.15) is 5.01 Å². The minimum Gasteiger partial charge on any atom is -0.314 e. The quantitative estimate of drug-likeness (QED) is 0.875. The van der Waals surface area contributed by atoms with Gasteiger partial charge < -0.3 is 5.32 Å². The molecule has 0 amide bonds. The van der Waals surface area contributed by atoms with Crippen molar-refractivity contribution in [2.24, 2.45) is 0 Å². The lowest BCUT2D eigenvalue weighted by Crippen LogP contribution is -2.04. The van der Waals surface area contributed by atoms with Crippen LogP contribution in [0.2, 0.25) is 0 Å². The Morgan fingerprint density at radius 3 is 3.07 bits per heavy atom. The van der Waals surface area contributed by atoms with Gasteiger partial charge in [-0.2, -0.15) is 0 Å². The fraction of sp³-hybridized carbons (Fsp3) is 0.182. The molecule has 1 N–H and O–H groups in total. The lowest BCUT2D eigenvalue weighted by Gasteiger charge is -1.97. The van der Waals surface area contributed by atoms with Gasteiger partial charge in [0.15, 0.2) is 0 Å². The van der Waals surface area contributed by atoms with Crippen molar-refractivity contribution in [3.8, 4) is 11.3 Å². The number of aromatic nitrogens is 1. The lowest BCUT2D eigenvalue weighted by molar-refractivity contribution is 0.811. The summed E-state index contributed by atoms with van der Waals surface area (Å²) in [5, 5.41) is 6.35. The van der Waals surface area contributed by atoms with Crippen LogP contribution in [0.25, 0.3) is 11.3 Å². The number of thiazole rings is 1. The topological polar surface area (TPSA) is 24.9 Å². The second-order valence-electron chi connectivity index (χ2n) is 3.17. The lowest BCUT2D eigenvalue weighted by atomic mass is 10.2. The zero-order valence-electron chi connectivity index (χ0n) is 8.33. The highest BCUT2D eigenvalue weighted by Gasteiger charge is 2.03. The van der Waals surface area contributed by atoms with Crippen molar-refractivity contribution in [2.75, 3.05) is 7.05 Å². The van der Waals surface area contributed by atoms with Crippen molar-refractivity contribution in [3.05, 3.63) is 38.2 Å². The fourth-order valence-corrected chi connectivity index (χ4v) is 2.68. The Bertz CT molecular complexity index is 453. The zero-order valence-corrected chi connectivity index (χ0v) is 11.3. The van der Waals surface area contributed by atoms with Crippen molar-refractivity contribution < 1.29 is 0 Å². The Morgan fingerprint density at radius 1 is 1.47 bits per heavy atom. The van der Waals surface area contributed by atoms with Crippen LogP contribution in [0.1, 0.15) is 5.01 Å².